The minimum atomic E-state index is -0.412. The number of nitrogens with two attached hydrogens (primary N) is 1. The number of rotatable bonds is 5. The molecule has 5 rings (SSSR count). The molecule has 2 fully saturated rings. The number of anilines is 1. The van der Waals surface area contributed by atoms with Gasteiger partial charge in [0.15, 0.2) is 5.78 Å². The van der Waals surface area contributed by atoms with E-state index in [2.05, 4.69) is 16.9 Å². The normalized spacial score (nSPS) is 26.9. The number of β-amino-alcohol motifs (C(OH)–C–C–N with tert-alkyl or cyclic N) is 1. The van der Waals surface area contributed by atoms with Crippen LogP contribution in [0.5, 0.6) is 0 Å². The predicted molar refractivity (Wildman–Crippen MR) is 135 cm³/mol. The second-order valence-corrected chi connectivity index (χ2v) is 10.5. The Labute approximate surface area is 205 Å². The lowest BCUT2D eigenvalue weighted by molar-refractivity contribution is 0.0993. The summed E-state index contributed by atoms with van der Waals surface area (Å²) in [5.74, 6) is 0.329. The topological polar surface area (TPSA) is 92.3 Å². The monoisotopic (exact) mass is 476 g/mol. The molecule has 2 aromatic heterocycles. The number of halogens is 1. The van der Waals surface area contributed by atoms with Gasteiger partial charge >= 0.3 is 0 Å². The van der Waals surface area contributed by atoms with Crippen LogP contribution in [0.2, 0.25) is 0 Å². The molecule has 1 saturated carbocycles. The van der Waals surface area contributed by atoms with Crippen molar-refractivity contribution in [2.24, 2.45) is 11.7 Å². The maximum atomic E-state index is 14.8. The molecule has 1 aliphatic carbocycles. The van der Waals surface area contributed by atoms with Crippen molar-refractivity contribution in [3.63, 3.8) is 0 Å². The Hall–Kier alpha value is -2.90. The molecule has 0 unspecified atom stereocenters. The number of aliphatic hydroxyl groups excluding tert-OH is 1. The summed E-state index contributed by atoms with van der Waals surface area (Å²) < 4.78 is 14.8. The van der Waals surface area contributed by atoms with Crippen molar-refractivity contribution >= 4 is 22.4 Å². The standard InChI is InChI=1S/C28H33FN4O2/c1-16-7-18(10-20(30)8-16)23-5-6-31-13-19(23)11-27(35)24-3-4-26(29)25-12-21(14-32-28(24)25)33-15-22(34)9-17(33)2/h3-6,12-14,16-18,20,22,34H,7-11,15,30H2,1-2H3/t16-,17-,18+,20-,22-/m0/s1. The highest BCUT2D eigenvalue weighted by atomic mass is 19.1. The number of hydrogen-bond acceptors (Lipinski definition) is 6. The van der Waals surface area contributed by atoms with Crippen molar-refractivity contribution < 1.29 is 14.3 Å². The predicted octanol–water partition coefficient (Wildman–Crippen LogP) is 4.38. The smallest absolute Gasteiger partial charge is 0.169 e. The van der Waals surface area contributed by atoms with E-state index in [9.17, 15) is 14.3 Å². The Bertz CT molecular complexity index is 1240. The molecule has 3 aromatic rings. The zero-order valence-corrected chi connectivity index (χ0v) is 20.3. The molecule has 0 radical (unpaired) electrons. The molecule has 7 heteroatoms. The molecule has 1 aromatic carbocycles. The number of nitrogens with zero attached hydrogens (tertiary/aromatic N) is 3. The second-order valence-electron chi connectivity index (χ2n) is 10.5. The molecular formula is C28H33FN4O2. The molecule has 2 aliphatic rings. The second kappa shape index (κ2) is 9.63. The van der Waals surface area contributed by atoms with Crippen LogP contribution in [0.3, 0.4) is 0 Å². The first-order valence-corrected chi connectivity index (χ1v) is 12.5. The highest BCUT2D eigenvalue weighted by Gasteiger charge is 2.29. The lowest BCUT2D eigenvalue weighted by atomic mass is 9.75. The molecule has 5 atom stereocenters. The van der Waals surface area contributed by atoms with Crippen LogP contribution in [0.25, 0.3) is 10.9 Å². The zero-order valence-electron chi connectivity index (χ0n) is 20.3. The molecule has 1 aliphatic heterocycles. The number of Topliss-reactive ketones (excluding diaryl/α,β-unsaturated/α-hetero) is 1. The highest BCUT2D eigenvalue weighted by Crippen LogP contribution is 2.37. The number of carbonyl (C=O) groups excluding carboxylic acids is 1. The van der Waals surface area contributed by atoms with Crippen molar-refractivity contribution in [2.45, 2.75) is 70.1 Å². The zero-order chi connectivity index (χ0) is 24.7. The largest absolute Gasteiger partial charge is 0.391 e. The highest BCUT2D eigenvalue weighted by molar-refractivity contribution is 6.08. The number of benzene rings is 1. The van der Waals surface area contributed by atoms with E-state index in [0.29, 0.717) is 41.3 Å². The maximum absolute atomic E-state index is 14.8. The Morgan fingerprint density at radius 3 is 2.74 bits per heavy atom. The van der Waals surface area contributed by atoms with Gasteiger partial charge in [0.2, 0.25) is 0 Å². The average Bonchev–Trinajstić information content (AvgIpc) is 3.16. The van der Waals surface area contributed by atoms with Crippen LogP contribution in [0.1, 0.15) is 66.9 Å². The number of fused-ring (bicyclic) bond motifs is 1. The van der Waals surface area contributed by atoms with Crippen molar-refractivity contribution in [2.75, 3.05) is 11.4 Å². The summed E-state index contributed by atoms with van der Waals surface area (Å²) in [5.41, 5.74) is 9.87. The van der Waals surface area contributed by atoms with Crippen molar-refractivity contribution in [3.8, 4) is 0 Å². The van der Waals surface area contributed by atoms with Gasteiger partial charge in [-0.1, -0.05) is 6.92 Å². The molecule has 3 heterocycles. The summed E-state index contributed by atoms with van der Waals surface area (Å²) in [6.07, 6.45) is 8.65. The molecule has 6 nitrogen and oxygen atoms in total. The van der Waals surface area contributed by atoms with Gasteiger partial charge in [-0.3, -0.25) is 14.8 Å². The number of aromatic nitrogens is 2. The minimum Gasteiger partial charge on any atom is -0.391 e. The Balaban J connectivity index is 1.45. The fraction of sp³-hybridized carbons (Fsp3) is 0.464. The first kappa shape index (κ1) is 23.8. The third-order valence-electron chi connectivity index (χ3n) is 7.68. The summed E-state index contributed by atoms with van der Waals surface area (Å²) >= 11 is 0. The van der Waals surface area contributed by atoms with Gasteiger partial charge in [-0.15, -0.1) is 0 Å². The van der Waals surface area contributed by atoms with Gasteiger partial charge in [-0.2, -0.15) is 0 Å². The summed E-state index contributed by atoms with van der Waals surface area (Å²) in [6, 6.07) is 6.93. The minimum absolute atomic E-state index is 0.109. The number of carbonyl (C=O) groups is 1. The van der Waals surface area contributed by atoms with Gasteiger partial charge in [-0.05, 0) is 79.8 Å². The number of ketones is 1. The molecule has 0 spiro atoms. The van der Waals surface area contributed by atoms with E-state index in [1.807, 2.05) is 17.9 Å². The fourth-order valence-electron chi connectivity index (χ4n) is 6.08. The lowest BCUT2D eigenvalue weighted by Gasteiger charge is -2.32. The Morgan fingerprint density at radius 1 is 1.17 bits per heavy atom. The van der Waals surface area contributed by atoms with Gasteiger partial charge in [-0.25, -0.2) is 4.39 Å². The van der Waals surface area contributed by atoms with Crippen LogP contribution in [-0.2, 0) is 6.42 Å². The van der Waals surface area contributed by atoms with Gasteiger partial charge in [0.25, 0.3) is 0 Å². The molecule has 184 valence electrons. The van der Waals surface area contributed by atoms with Crippen LogP contribution in [-0.4, -0.2) is 45.6 Å². The molecule has 35 heavy (non-hydrogen) atoms. The van der Waals surface area contributed by atoms with E-state index in [4.69, 9.17) is 5.73 Å². The molecule has 1 saturated heterocycles. The van der Waals surface area contributed by atoms with Crippen molar-refractivity contribution in [1.29, 1.82) is 0 Å². The van der Waals surface area contributed by atoms with Crippen LogP contribution in [0.4, 0.5) is 10.1 Å². The molecule has 3 N–H and O–H groups in total. The van der Waals surface area contributed by atoms with Crippen molar-refractivity contribution in [3.05, 3.63) is 65.4 Å². The van der Waals surface area contributed by atoms with E-state index in [1.54, 1.807) is 24.7 Å². The van der Waals surface area contributed by atoms with Crippen LogP contribution < -0.4 is 10.6 Å². The van der Waals surface area contributed by atoms with E-state index in [0.717, 1.165) is 36.1 Å². The molecular weight excluding hydrogens is 443 g/mol. The summed E-state index contributed by atoms with van der Waals surface area (Å²) in [4.78, 5) is 24.3. The van der Waals surface area contributed by atoms with E-state index < -0.39 is 11.9 Å². The number of pyridine rings is 2. The van der Waals surface area contributed by atoms with Gasteiger partial charge in [0, 0.05) is 48.4 Å². The summed E-state index contributed by atoms with van der Waals surface area (Å²) in [6.45, 7) is 4.75. The first-order chi connectivity index (χ1) is 16.8. The van der Waals surface area contributed by atoms with E-state index in [1.165, 1.54) is 12.1 Å². The average molecular weight is 477 g/mol. The summed E-state index contributed by atoms with van der Waals surface area (Å²) in [5, 5.41) is 10.3. The van der Waals surface area contributed by atoms with Crippen LogP contribution in [0.15, 0.2) is 42.9 Å². The third kappa shape index (κ3) is 4.80. The maximum Gasteiger partial charge on any atom is 0.169 e. The van der Waals surface area contributed by atoms with Gasteiger partial charge in [0.1, 0.15) is 5.82 Å². The molecule has 0 bridgehead atoms. The molecule has 0 amide bonds. The summed E-state index contributed by atoms with van der Waals surface area (Å²) in [7, 11) is 0. The number of hydrogen-bond donors (Lipinski definition) is 2. The van der Waals surface area contributed by atoms with Crippen LogP contribution in [0, 0.1) is 11.7 Å². The quantitative estimate of drug-likeness (QED) is 0.531. The Kier molecular flexibility index (Phi) is 6.55. The van der Waals surface area contributed by atoms with E-state index >= 15 is 0 Å². The van der Waals surface area contributed by atoms with Crippen LogP contribution >= 0.6 is 0 Å². The van der Waals surface area contributed by atoms with Gasteiger partial charge < -0.3 is 15.7 Å². The Morgan fingerprint density at radius 2 is 2.00 bits per heavy atom. The third-order valence-corrected chi connectivity index (χ3v) is 7.68. The van der Waals surface area contributed by atoms with E-state index in [-0.39, 0.29) is 24.3 Å². The van der Waals surface area contributed by atoms with Gasteiger partial charge in [0.05, 0.1) is 23.5 Å². The lowest BCUT2D eigenvalue weighted by Crippen LogP contribution is -2.31. The van der Waals surface area contributed by atoms with Crippen molar-refractivity contribution in [1.82, 2.24) is 9.97 Å². The fourth-order valence-corrected chi connectivity index (χ4v) is 6.08. The SMILES string of the molecule is C[C@@H]1C[C@H](N)C[C@H](c2ccncc2CC(=O)c2ccc(F)c3cc(N4C[C@@H](O)C[C@@H]4C)cnc23)C1. The number of aliphatic hydroxyl groups is 1. The first-order valence-electron chi connectivity index (χ1n) is 12.5.